The molecule has 12 nitrogen and oxygen atoms in total. The average molecular weight is 461 g/mol. The average Bonchev–Trinajstić information content (AvgIpc) is 3.45. The summed E-state index contributed by atoms with van der Waals surface area (Å²) < 4.78 is 1.54. The Morgan fingerprint density at radius 1 is 1.26 bits per heavy atom. The monoisotopic (exact) mass is 461 g/mol. The third-order valence-corrected chi connectivity index (χ3v) is 5.32. The van der Waals surface area contributed by atoms with Crippen LogP contribution >= 0.6 is 0 Å². The quantitative estimate of drug-likeness (QED) is 0.309. The molecule has 1 saturated carbocycles. The lowest BCUT2D eigenvalue weighted by molar-refractivity contribution is 0.0827. The maximum absolute atomic E-state index is 12.1. The van der Waals surface area contributed by atoms with Gasteiger partial charge in [0.2, 0.25) is 11.8 Å². The minimum atomic E-state index is -0.514. The highest BCUT2D eigenvalue weighted by Crippen LogP contribution is 2.22. The van der Waals surface area contributed by atoms with Crippen LogP contribution in [0.25, 0.3) is 11.7 Å². The van der Waals surface area contributed by atoms with E-state index in [9.17, 15) is 14.7 Å². The number of nitrogens with one attached hydrogen (secondary N) is 3. The third-order valence-electron chi connectivity index (χ3n) is 5.32. The Morgan fingerprint density at radius 3 is 2.68 bits per heavy atom. The van der Waals surface area contributed by atoms with E-state index in [0.29, 0.717) is 34.5 Å². The molecule has 3 heterocycles. The topological polar surface area (TPSA) is 157 Å². The Balaban J connectivity index is 1.48. The van der Waals surface area contributed by atoms with Gasteiger partial charge in [-0.05, 0) is 36.6 Å². The van der Waals surface area contributed by atoms with Gasteiger partial charge in [-0.25, -0.2) is 9.79 Å². The van der Waals surface area contributed by atoms with Crippen molar-refractivity contribution in [3.63, 3.8) is 0 Å². The minimum absolute atomic E-state index is 0.0565. The predicted molar refractivity (Wildman–Crippen MR) is 123 cm³/mol. The predicted octanol–water partition coefficient (Wildman–Crippen LogP) is -0.229. The summed E-state index contributed by atoms with van der Waals surface area (Å²) in [6.45, 7) is 0.439. The molecule has 0 aliphatic heterocycles. The van der Waals surface area contributed by atoms with Crippen molar-refractivity contribution in [3.8, 4) is 5.88 Å². The molecular weight excluding hydrogens is 438 g/mol. The van der Waals surface area contributed by atoms with E-state index in [-0.39, 0.29) is 23.5 Å². The summed E-state index contributed by atoms with van der Waals surface area (Å²) in [5, 5.41) is 18.0. The molecule has 1 aromatic carbocycles. The van der Waals surface area contributed by atoms with Crippen LogP contribution in [0.4, 0.5) is 5.95 Å². The fourth-order valence-electron chi connectivity index (χ4n) is 3.36. The summed E-state index contributed by atoms with van der Waals surface area (Å²) in [6, 6.07) is 7.53. The Kier molecular flexibility index (Phi) is 5.32. The van der Waals surface area contributed by atoms with Crippen molar-refractivity contribution in [2.45, 2.75) is 25.4 Å². The number of fused-ring (bicyclic) bond motifs is 1. The first kappa shape index (κ1) is 21.4. The number of imidazole rings is 1. The number of carbonyl (C=O) groups is 1. The second-order valence-corrected chi connectivity index (χ2v) is 8.28. The first-order chi connectivity index (χ1) is 16.4. The van der Waals surface area contributed by atoms with Crippen LogP contribution in [0, 0.1) is 0 Å². The molecule has 1 aliphatic rings. The number of aromatic amines is 2. The number of carbonyl (C=O) groups excluding carboxylic acids is 1. The van der Waals surface area contributed by atoms with Crippen LogP contribution in [-0.2, 0) is 6.54 Å². The zero-order valence-electron chi connectivity index (χ0n) is 18.6. The number of amides is 1. The number of rotatable bonds is 6. The van der Waals surface area contributed by atoms with Crippen molar-refractivity contribution >= 4 is 23.6 Å². The van der Waals surface area contributed by atoms with Gasteiger partial charge in [-0.1, -0.05) is 12.1 Å². The number of nitrogens with zero attached hydrogens (tertiary/aromatic N) is 6. The van der Waals surface area contributed by atoms with Crippen LogP contribution < -0.4 is 21.8 Å². The van der Waals surface area contributed by atoms with E-state index < -0.39 is 5.69 Å². The first-order valence-electron chi connectivity index (χ1n) is 10.7. The molecule has 1 fully saturated rings. The highest BCUT2D eigenvalue weighted by atomic mass is 16.3. The zero-order chi connectivity index (χ0) is 23.8. The summed E-state index contributed by atoms with van der Waals surface area (Å²) in [5.41, 5.74) is 2.18. The van der Waals surface area contributed by atoms with Gasteiger partial charge in [-0.15, -0.1) is 0 Å². The first-order valence-corrected chi connectivity index (χ1v) is 10.7. The Hall–Kier alpha value is -4.48. The van der Waals surface area contributed by atoms with Crippen LogP contribution in [0.15, 0.2) is 40.2 Å². The maximum atomic E-state index is 12.1. The second-order valence-electron chi connectivity index (χ2n) is 8.28. The fraction of sp³-hybridized carbons (Fsp3) is 0.273. The molecule has 1 aliphatic carbocycles. The van der Waals surface area contributed by atoms with Crippen molar-refractivity contribution in [1.82, 2.24) is 34.4 Å². The molecule has 12 heteroatoms. The summed E-state index contributed by atoms with van der Waals surface area (Å²) in [5.74, 6) is 0.0389. The van der Waals surface area contributed by atoms with Gasteiger partial charge in [0.15, 0.2) is 5.65 Å². The molecule has 3 aromatic heterocycles. The molecule has 0 unspecified atom stereocenters. The van der Waals surface area contributed by atoms with E-state index in [1.54, 1.807) is 43.0 Å². The molecular formula is C22H23N9O3. The fourth-order valence-corrected chi connectivity index (χ4v) is 3.36. The highest BCUT2D eigenvalue weighted by molar-refractivity contribution is 5.93. The number of aromatic hydroxyl groups is 1. The van der Waals surface area contributed by atoms with Gasteiger partial charge in [-0.2, -0.15) is 19.6 Å². The molecule has 0 radical (unpaired) electrons. The van der Waals surface area contributed by atoms with Crippen LogP contribution in [0.5, 0.6) is 5.88 Å². The molecule has 4 aromatic rings. The van der Waals surface area contributed by atoms with Crippen molar-refractivity contribution in [3.05, 3.63) is 68.6 Å². The van der Waals surface area contributed by atoms with E-state index in [1.165, 1.54) is 4.90 Å². The summed E-state index contributed by atoms with van der Waals surface area (Å²) in [7, 11) is 3.43. The number of H-pyrrole nitrogens is 2. The lowest BCUT2D eigenvalue weighted by Gasteiger charge is -2.11. The molecule has 4 N–H and O–H groups in total. The molecule has 174 valence electrons. The van der Waals surface area contributed by atoms with Crippen molar-refractivity contribution in [1.29, 1.82) is 0 Å². The standard InChI is InChI=1S/C22H23N9O3/c1-30(2)19(33)13-5-3-12(4-6-13)10-23-20-27-17-14(9-16-18(32)28-22(34)26-16)11-24-31(17)21(29-20)25-15-7-8-15/h3-6,9,11,15,32H,7-8,10H2,1-2H3,(H,23,25,29)(H2,26,28,34)/b14-9-. The van der Waals surface area contributed by atoms with E-state index in [0.717, 1.165) is 18.4 Å². The van der Waals surface area contributed by atoms with Gasteiger partial charge in [0.25, 0.3) is 11.5 Å². The lowest BCUT2D eigenvalue weighted by Crippen LogP contribution is -2.24. The number of aromatic nitrogens is 6. The Labute approximate surface area is 192 Å². The van der Waals surface area contributed by atoms with E-state index in [4.69, 9.17) is 0 Å². The number of benzene rings is 1. The Morgan fingerprint density at radius 2 is 2.03 bits per heavy atom. The van der Waals surface area contributed by atoms with Gasteiger partial charge in [0, 0.05) is 31.4 Å². The second kappa shape index (κ2) is 8.46. The highest BCUT2D eigenvalue weighted by Gasteiger charge is 2.21. The van der Waals surface area contributed by atoms with Gasteiger partial charge < -0.3 is 20.3 Å². The third kappa shape index (κ3) is 4.37. The van der Waals surface area contributed by atoms with Gasteiger partial charge in [-0.3, -0.25) is 9.78 Å². The molecule has 5 rings (SSSR count). The number of anilines is 1. The number of hydrogen-bond acceptors (Lipinski definition) is 8. The van der Waals surface area contributed by atoms with Crippen molar-refractivity contribution in [2.24, 2.45) is 4.99 Å². The van der Waals surface area contributed by atoms with Gasteiger partial charge >= 0.3 is 5.69 Å². The van der Waals surface area contributed by atoms with Crippen LogP contribution in [0.3, 0.4) is 0 Å². The molecule has 0 saturated heterocycles. The SMILES string of the molecule is CN(C)C(=O)c1ccc(CNc2nc(=NC3CC3)n3nc/c(=C/c4[nH]c(=O)[nH]c4O)c3n2)cc1. The molecule has 0 spiro atoms. The Bertz CT molecular complexity index is 1540. The van der Waals surface area contributed by atoms with Crippen LogP contribution in [0.1, 0.15) is 34.5 Å². The summed E-state index contributed by atoms with van der Waals surface area (Å²) in [6.07, 6.45) is 5.16. The number of hydrogen-bond donors (Lipinski definition) is 4. The van der Waals surface area contributed by atoms with Crippen molar-refractivity contribution in [2.75, 3.05) is 19.4 Å². The van der Waals surface area contributed by atoms with Crippen molar-refractivity contribution < 1.29 is 9.90 Å². The van der Waals surface area contributed by atoms with Gasteiger partial charge in [0.1, 0.15) is 5.69 Å². The lowest BCUT2D eigenvalue weighted by atomic mass is 10.1. The summed E-state index contributed by atoms with van der Waals surface area (Å²) in [4.78, 5) is 43.6. The maximum Gasteiger partial charge on any atom is 0.326 e. The minimum Gasteiger partial charge on any atom is -0.493 e. The van der Waals surface area contributed by atoms with E-state index in [2.05, 4.69) is 35.3 Å². The normalized spacial score (nSPS) is 14.6. The van der Waals surface area contributed by atoms with Gasteiger partial charge in [0.05, 0.1) is 12.2 Å². The molecule has 0 atom stereocenters. The summed E-state index contributed by atoms with van der Waals surface area (Å²) >= 11 is 0. The molecule has 0 bridgehead atoms. The smallest absolute Gasteiger partial charge is 0.326 e. The van der Waals surface area contributed by atoms with E-state index >= 15 is 0 Å². The zero-order valence-corrected chi connectivity index (χ0v) is 18.6. The molecule has 1 amide bonds. The molecule has 34 heavy (non-hydrogen) atoms. The largest absolute Gasteiger partial charge is 0.493 e. The van der Waals surface area contributed by atoms with Crippen LogP contribution in [-0.4, -0.2) is 65.6 Å². The van der Waals surface area contributed by atoms with E-state index in [1.807, 2.05) is 12.1 Å². The van der Waals surface area contributed by atoms with Crippen LogP contribution in [0.2, 0.25) is 0 Å².